The number of aliphatic imine (C=N–C) groups is 1. The lowest BCUT2D eigenvalue weighted by molar-refractivity contribution is -0.136. The van der Waals surface area contributed by atoms with Crippen LogP contribution < -0.4 is 10.6 Å². The van der Waals surface area contributed by atoms with Crippen LogP contribution in [-0.4, -0.2) is 76.4 Å². The summed E-state index contributed by atoms with van der Waals surface area (Å²) in [5, 5.41) is 6.57. The van der Waals surface area contributed by atoms with Crippen molar-refractivity contribution in [3.05, 3.63) is 35.9 Å². The van der Waals surface area contributed by atoms with Crippen molar-refractivity contribution >= 4 is 35.8 Å². The highest BCUT2D eigenvalue weighted by atomic mass is 127. The van der Waals surface area contributed by atoms with Crippen LogP contribution in [0.4, 0.5) is 0 Å². The van der Waals surface area contributed by atoms with Gasteiger partial charge in [-0.3, -0.25) is 9.79 Å². The number of carbonyl (C=O) groups is 1. The Morgan fingerprint density at radius 2 is 1.96 bits per heavy atom. The molecule has 8 heteroatoms. The molecule has 1 aliphatic heterocycles. The van der Waals surface area contributed by atoms with Crippen molar-refractivity contribution in [2.24, 2.45) is 4.99 Å². The van der Waals surface area contributed by atoms with Crippen molar-refractivity contribution in [1.82, 2.24) is 15.5 Å². The van der Waals surface area contributed by atoms with Crippen molar-refractivity contribution in [1.29, 1.82) is 0 Å². The van der Waals surface area contributed by atoms with E-state index in [4.69, 9.17) is 9.47 Å². The Morgan fingerprint density at radius 3 is 2.61 bits per heavy atom. The standard InChI is InChI=1S/C20H32N4O3.HI/c1-3-26-13-7-10-22-20(21-2)23-16-18(17-8-5-4-6-9-17)19(25)24-11-14-27-15-12-24;/h4-6,8-9,18H,3,7,10-16H2,1-2H3,(H2,21,22,23);1H. The molecule has 1 aromatic rings. The maximum absolute atomic E-state index is 13.1. The zero-order chi connectivity index (χ0) is 19.3. The summed E-state index contributed by atoms with van der Waals surface area (Å²) >= 11 is 0. The fraction of sp³-hybridized carbons (Fsp3) is 0.600. The molecule has 1 saturated heterocycles. The number of hydrogen-bond donors (Lipinski definition) is 2. The summed E-state index contributed by atoms with van der Waals surface area (Å²) < 4.78 is 10.7. The predicted octanol–water partition coefficient (Wildman–Crippen LogP) is 1.84. The van der Waals surface area contributed by atoms with Gasteiger partial charge in [-0.05, 0) is 18.9 Å². The highest BCUT2D eigenvalue weighted by Gasteiger charge is 2.27. The van der Waals surface area contributed by atoms with Gasteiger partial charge in [0.05, 0.1) is 19.1 Å². The molecule has 1 amide bonds. The Balaban J connectivity index is 0.00000392. The Labute approximate surface area is 185 Å². The first-order chi connectivity index (χ1) is 13.3. The van der Waals surface area contributed by atoms with E-state index in [0.717, 1.165) is 31.7 Å². The summed E-state index contributed by atoms with van der Waals surface area (Å²) in [5.74, 6) is 0.567. The van der Waals surface area contributed by atoms with E-state index in [2.05, 4.69) is 15.6 Å². The molecule has 1 aromatic carbocycles. The Bertz CT molecular complexity index is 580. The number of ether oxygens (including phenoxy) is 2. The van der Waals surface area contributed by atoms with Gasteiger partial charge in [-0.15, -0.1) is 24.0 Å². The van der Waals surface area contributed by atoms with Gasteiger partial charge in [0, 0.05) is 46.4 Å². The Hall–Kier alpha value is -1.39. The lowest BCUT2D eigenvalue weighted by Gasteiger charge is -2.31. The second kappa shape index (κ2) is 14.6. The summed E-state index contributed by atoms with van der Waals surface area (Å²) in [6.45, 7) is 7.20. The summed E-state index contributed by atoms with van der Waals surface area (Å²) in [6.07, 6.45) is 0.906. The van der Waals surface area contributed by atoms with Gasteiger partial charge in [0.15, 0.2) is 5.96 Å². The van der Waals surface area contributed by atoms with Crippen molar-refractivity contribution < 1.29 is 14.3 Å². The number of morpholine rings is 1. The molecule has 1 fully saturated rings. The minimum absolute atomic E-state index is 0. The van der Waals surface area contributed by atoms with E-state index in [0.29, 0.717) is 38.8 Å². The number of halogens is 1. The molecule has 1 unspecified atom stereocenters. The van der Waals surface area contributed by atoms with E-state index in [1.54, 1.807) is 7.05 Å². The minimum Gasteiger partial charge on any atom is -0.382 e. The Kier molecular flexibility index (Phi) is 12.8. The zero-order valence-electron chi connectivity index (χ0n) is 16.9. The number of amides is 1. The summed E-state index contributed by atoms with van der Waals surface area (Å²) in [6, 6.07) is 9.91. The van der Waals surface area contributed by atoms with Crippen LogP contribution in [0.2, 0.25) is 0 Å². The molecule has 0 bridgehead atoms. The predicted molar refractivity (Wildman–Crippen MR) is 122 cm³/mol. The fourth-order valence-corrected chi connectivity index (χ4v) is 2.98. The van der Waals surface area contributed by atoms with Crippen LogP contribution in [0.25, 0.3) is 0 Å². The van der Waals surface area contributed by atoms with Crippen molar-refractivity contribution in [2.45, 2.75) is 19.3 Å². The van der Waals surface area contributed by atoms with Gasteiger partial charge in [0.25, 0.3) is 0 Å². The number of nitrogens with zero attached hydrogens (tertiary/aromatic N) is 2. The number of benzene rings is 1. The van der Waals surface area contributed by atoms with Crippen LogP contribution in [0, 0.1) is 0 Å². The SMILES string of the molecule is CCOCCCNC(=NC)NCC(C(=O)N1CCOCC1)c1ccccc1.I. The first kappa shape index (κ1) is 24.6. The maximum Gasteiger partial charge on any atom is 0.232 e. The zero-order valence-corrected chi connectivity index (χ0v) is 19.2. The van der Waals surface area contributed by atoms with Gasteiger partial charge >= 0.3 is 0 Å². The normalized spacial score (nSPS) is 15.5. The van der Waals surface area contributed by atoms with Crippen LogP contribution in [0.15, 0.2) is 35.3 Å². The molecule has 0 aliphatic carbocycles. The topological polar surface area (TPSA) is 75.2 Å². The van der Waals surface area contributed by atoms with Gasteiger partial charge < -0.3 is 25.0 Å². The average Bonchev–Trinajstić information content (AvgIpc) is 2.73. The summed E-state index contributed by atoms with van der Waals surface area (Å²) in [4.78, 5) is 19.2. The fourth-order valence-electron chi connectivity index (χ4n) is 2.98. The monoisotopic (exact) mass is 504 g/mol. The van der Waals surface area contributed by atoms with E-state index < -0.39 is 0 Å². The molecule has 1 aliphatic rings. The lowest BCUT2D eigenvalue weighted by atomic mass is 9.97. The average molecular weight is 504 g/mol. The van der Waals surface area contributed by atoms with E-state index >= 15 is 0 Å². The molecule has 1 heterocycles. The molecular weight excluding hydrogens is 471 g/mol. The van der Waals surface area contributed by atoms with E-state index in [9.17, 15) is 4.79 Å². The van der Waals surface area contributed by atoms with Crippen molar-refractivity contribution in [2.75, 3.05) is 59.7 Å². The minimum atomic E-state index is -0.258. The first-order valence-electron chi connectivity index (χ1n) is 9.70. The third-order valence-electron chi connectivity index (χ3n) is 4.48. The van der Waals surface area contributed by atoms with Gasteiger partial charge in [-0.1, -0.05) is 30.3 Å². The second-order valence-corrected chi connectivity index (χ2v) is 6.33. The molecule has 0 aromatic heterocycles. The maximum atomic E-state index is 13.1. The van der Waals surface area contributed by atoms with Gasteiger partial charge in [-0.2, -0.15) is 0 Å². The molecular formula is C20H33IN4O3. The molecule has 2 N–H and O–H groups in total. The number of hydrogen-bond acceptors (Lipinski definition) is 4. The molecule has 0 spiro atoms. The largest absolute Gasteiger partial charge is 0.382 e. The highest BCUT2D eigenvalue weighted by Crippen LogP contribution is 2.18. The molecule has 0 radical (unpaired) electrons. The number of carbonyl (C=O) groups excluding carboxylic acids is 1. The highest BCUT2D eigenvalue weighted by molar-refractivity contribution is 14.0. The number of rotatable bonds is 9. The van der Waals surface area contributed by atoms with Crippen LogP contribution >= 0.6 is 24.0 Å². The van der Waals surface area contributed by atoms with Crippen LogP contribution in [0.5, 0.6) is 0 Å². The quantitative estimate of drug-likeness (QED) is 0.233. The van der Waals surface area contributed by atoms with Gasteiger partial charge in [0.1, 0.15) is 0 Å². The summed E-state index contributed by atoms with van der Waals surface area (Å²) in [5.41, 5.74) is 1.01. The van der Waals surface area contributed by atoms with Crippen LogP contribution in [0.3, 0.4) is 0 Å². The molecule has 28 heavy (non-hydrogen) atoms. The third kappa shape index (κ3) is 8.32. The second-order valence-electron chi connectivity index (χ2n) is 6.33. The van der Waals surface area contributed by atoms with E-state index in [1.807, 2.05) is 42.2 Å². The van der Waals surface area contributed by atoms with Crippen LogP contribution in [0.1, 0.15) is 24.8 Å². The number of guanidine groups is 1. The molecule has 7 nitrogen and oxygen atoms in total. The lowest BCUT2D eigenvalue weighted by Crippen LogP contribution is -2.47. The van der Waals surface area contributed by atoms with E-state index in [1.165, 1.54) is 0 Å². The molecule has 1 atom stereocenters. The third-order valence-corrected chi connectivity index (χ3v) is 4.48. The smallest absolute Gasteiger partial charge is 0.232 e. The van der Waals surface area contributed by atoms with Crippen LogP contribution in [-0.2, 0) is 14.3 Å². The first-order valence-corrected chi connectivity index (χ1v) is 9.70. The van der Waals surface area contributed by atoms with Gasteiger partial charge in [-0.25, -0.2) is 0 Å². The molecule has 2 rings (SSSR count). The van der Waals surface area contributed by atoms with Gasteiger partial charge in [0.2, 0.25) is 5.91 Å². The number of nitrogens with one attached hydrogen (secondary N) is 2. The molecule has 0 saturated carbocycles. The van der Waals surface area contributed by atoms with E-state index in [-0.39, 0.29) is 35.8 Å². The van der Waals surface area contributed by atoms with Crippen molar-refractivity contribution in [3.8, 4) is 0 Å². The Morgan fingerprint density at radius 1 is 1.25 bits per heavy atom. The molecule has 158 valence electrons. The summed E-state index contributed by atoms with van der Waals surface area (Å²) in [7, 11) is 1.74. The van der Waals surface area contributed by atoms with Crippen molar-refractivity contribution in [3.63, 3.8) is 0 Å².